The molecule has 0 aliphatic heterocycles. The predicted octanol–water partition coefficient (Wildman–Crippen LogP) is 5.51. The SMILES string of the molecule is CC.CC.CC1(O)CCC2C3CCC4CC(O)(O)CC[C@]4(C)C3CC[C@@]21C. The Labute approximate surface area is 168 Å². The quantitative estimate of drug-likeness (QED) is 0.484. The molecule has 0 heterocycles. The Hall–Kier alpha value is -0.120. The molecule has 4 aliphatic rings. The van der Waals surface area contributed by atoms with Crippen LogP contribution in [0, 0.1) is 34.5 Å². The van der Waals surface area contributed by atoms with Crippen molar-refractivity contribution in [2.45, 2.75) is 118 Å². The van der Waals surface area contributed by atoms with Gasteiger partial charge in [0.15, 0.2) is 5.79 Å². The van der Waals surface area contributed by atoms with Crippen LogP contribution in [-0.2, 0) is 0 Å². The van der Waals surface area contributed by atoms with Crippen molar-refractivity contribution in [3.05, 3.63) is 0 Å². The molecule has 0 radical (unpaired) electrons. The fraction of sp³-hybridized carbons (Fsp3) is 1.00. The van der Waals surface area contributed by atoms with Gasteiger partial charge >= 0.3 is 0 Å². The van der Waals surface area contributed by atoms with Gasteiger partial charge in [-0.05, 0) is 86.4 Å². The van der Waals surface area contributed by atoms with E-state index in [1.807, 2.05) is 27.7 Å². The first kappa shape index (κ1) is 23.2. The smallest absolute Gasteiger partial charge is 0.162 e. The maximum atomic E-state index is 10.9. The van der Waals surface area contributed by atoms with Gasteiger partial charge in [-0.3, -0.25) is 0 Å². The van der Waals surface area contributed by atoms with Crippen molar-refractivity contribution in [2.75, 3.05) is 0 Å². The second-order valence-corrected chi connectivity index (χ2v) is 10.1. The van der Waals surface area contributed by atoms with E-state index in [0.29, 0.717) is 30.6 Å². The van der Waals surface area contributed by atoms with Crippen molar-refractivity contribution in [3.63, 3.8) is 0 Å². The summed E-state index contributed by atoms with van der Waals surface area (Å²) in [4.78, 5) is 0. The minimum Gasteiger partial charge on any atom is -0.390 e. The van der Waals surface area contributed by atoms with Gasteiger partial charge in [0.05, 0.1) is 5.60 Å². The van der Waals surface area contributed by atoms with Crippen LogP contribution in [0.3, 0.4) is 0 Å². The van der Waals surface area contributed by atoms with E-state index in [4.69, 9.17) is 0 Å². The molecule has 3 N–H and O–H groups in total. The van der Waals surface area contributed by atoms with Crippen LogP contribution in [0.1, 0.15) is 106 Å². The predicted molar refractivity (Wildman–Crippen MR) is 112 cm³/mol. The van der Waals surface area contributed by atoms with E-state index in [1.54, 1.807) is 0 Å². The molecule has 160 valence electrons. The minimum absolute atomic E-state index is 0.0870. The van der Waals surface area contributed by atoms with E-state index in [9.17, 15) is 15.3 Å². The van der Waals surface area contributed by atoms with Gasteiger partial charge in [-0.1, -0.05) is 41.5 Å². The van der Waals surface area contributed by atoms with Gasteiger partial charge in [-0.25, -0.2) is 0 Å². The lowest BCUT2D eigenvalue weighted by molar-refractivity contribution is -0.235. The van der Waals surface area contributed by atoms with E-state index >= 15 is 0 Å². The Morgan fingerprint density at radius 3 is 1.89 bits per heavy atom. The maximum absolute atomic E-state index is 10.9. The van der Waals surface area contributed by atoms with Crippen molar-refractivity contribution in [1.29, 1.82) is 0 Å². The molecule has 0 bridgehead atoms. The third kappa shape index (κ3) is 3.62. The highest BCUT2D eigenvalue weighted by Crippen LogP contribution is 2.68. The van der Waals surface area contributed by atoms with Gasteiger partial charge in [-0.15, -0.1) is 0 Å². The van der Waals surface area contributed by atoms with E-state index in [0.717, 1.165) is 31.6 Å². The summed E-state index contributed by atoms with van der Waals surface area (Å²) in [5, 5.41) is 31.2. The fourth-order valence-electron chi connectivity index (χ4n) is 7.47. The molecule has 0 aromatic heterocycles. The molecule has 7 atom stereocenters. The number of fused-ring (bicyclic) bond motifs is 5. The van der Waals surface area contributed by atoms with Crippen LogP contribution in [0.4, 0.5) is 0 Å². The molecule has 4 rings (SSSR count). The Balaban J connectivity index is 0.000000614. The van der Waals surface area contributed by atoms with E-state index in [2.05, 4.69) is 20.8 Å². The molecular weight excluding hydrogens is 336 g/mol. The molecular formula is C24H46O3. The first-order chi connectivity index (χ1) is 12.6. The third-order valence-corrected chi connectivity index (χ3v) is 9.26. The highest BCUT2D eigenvalue weighted by Gasteiger charge is 2.63. The molecule has 0 saturated heterocycles. The lowest BCUT2D eigenvalue weighted by Crippen LogP contribution is -2.57. The Bertz CT molecular complexity index is 500. The van der Waals surface area contributed by atoms with Crippen molar-refractivity contribution < 1.29 is 15.3 Å². The number of hydrogen-bond acceptors (Lipinski definition) is 3. The van der Waals surface area contributed by atoms with Crippen molar-refractivity contribution in [1.82, 2.24) is 0 Å². The molecule has 4 saturated carbocycles. The van der Waals surface area contributed by atoms with Gasteiger partial charge in [0.25, 0.3) is 0 Å². The summed E-state index contributed by atoms with van der Waals surface area (Å²) >= 11 is 0. The zero-order chi connectivity index (χ0) is 20.7. The maximum Gasteiger partial charge on any atom is 0.162 e. The van der Waals surface area contributed by atoms with Crippen LogP contribution in [0.5, 0.6) is 0 Å². The van der Waals surface area contributed by atoms with Crippen LogP contribution in [0.15, 0.2) is 0 Å². The second-order valence-electron chi connectivity index (χ2n) is 10.1. The van der Waals surface area contributed by atoms with Crippen LogP contribution >= 0.6 is 0 Å². The lowest BCUT2D eigenvalue weighted by Gasteiger charge is -2.62. The average molecular weight is 383 g/mol. The summed E-state index contributed by atoms with van der Waals surface area (Å²) in [6.07, 6.45) is 8.87. The highest BCUT2D eigenvalue weighted by molar-refractivity contribution is 5.13. The van der Waals surface area contributed by atoms with Gasteiger partial charge in [-0.2, -0.15) is 0 Å². The van der Waals surface area contributed by atoms with E-state index in [-0.39, 0.29) is 10.8 Å². The van der Waals surface area contributed by atoms with Crippen molar-refractivity contribution in [3.8, 4) is 0 Å². The van der Waals surface area contributed by atoms with Gasteiger partial charge in [0.1, 0.15) is 0 Å². The molecule has 4 fully saturated rings. The zero-order valence-electron chi connectivity index (χ0n) is 19.0. The molecule has 27 heavy (non-hydrogen) atoms. The third-order valence-electron chi connectivity index (χ3n) is 9.26. The molecule has 0 aromatic rings. The van der Waals surface area contributed by atoms with Gasteiger partial charge in [0, 0.05) is 12.8 Å². The summed E-state index contributed by atoms with van der Waals surface area (Å²) < 4.78 is 0. The average Bonchev–Trinajstić information content (AvgIpc) is 2.89. The Kier molecular flexibility index (Phi) is 6.82. The standard InChI is InChI=1S/C20H34O3.2C2H6/c1-17-10-11-20(22,23)12-13(17)4-5-14-15(17)6-8-18(2)16(14)7-9-19(18,3)21;2*1-2/h13-16,21-23H,4-12H2,1-3H3;2*1-2H3/t13?,14?,15?,16?,17-,18-,19?;;/m0../s1. The highest BCUT2D eigenvalue weighted by atomic mass is 16.5. The van der Waals surface area contributed by atoms with Gasteiger partial charge in [0.2, 0.25) is 0 Å². The second kappa shape index (κ2) is 7.95. The monoisotopic (exact) mass is 382 g/mol. The first-order valence-electron chi connectivity index (χ1n) is 11.8. The van der Waals surface area contributed by atoms with E-state index in [1.165, 1.54) is 19.3 Å². The summed E-state index contributed by atoms with van der Waals surface area (Å²) in [7, 11) is 0. The Morgan fingerprint density at radius 1 is 0.667 bits per heavy atom. The molecule has 3 nitrogen and oxygen atoms in total. The molecule has 0 spiro atoms. The summed E-state index contributed by atoms with van der Waals surface area (Å²) in [6, 6.07) is 0. The summed E-state index contributed by atoms with van der Waals surface area (Å²) in [5.41, 5.74) is -0.143. The molecule has 0 amide bonds. The molecule has 4 aliphatic carbocycles. The molecule has 5 unspecified atom stereocenters. The molecule has 0 aromatic carbocycles. The van der Waals surface area contributed by atoms with Crippen LogP contribution in [0.2, 0.25) is 0 Å². The summed E-state index contributed by atoms with van der Waals surface area (Å²) in [6.45, 7) is 14.8. The summed E-state index contributed by atoms with van der Waals surface area (Å²) in [5.74, 6) is 1.12. The lowest BCUT2D eigenvalue weighted by atomic mass is 9.44. The number of rotatable bonds is 0. The normalized spacial score (nSPS) is 50.0. The first-order valence-corrected chi connectivity index (χ1v) is 11.8. The minimum atomic E-state index is -1.43. The zero-order valence-corrected chi connectivity index (χ0v) is 19.0. The van der Waals surface area contributed by atoms with Crippen LogP contribution < -0.4 is 0 Å². The topological polar surface area (TPSA) is 60.7 Å². The fourth-order valence-corrected chi connectivity index (χ4v) is 7.47. The Morgan fingerprint density at radius 2 is 1.26 bits per heavy atom. The largest absolute Gasteiger partial charge is 0.390 e. The van der Waals surface area contributed by atoms with Crippen LogP contribution in [0.25, 0.3) is 0 Å². The van der Waals surface area contributed by atoms with Crippen LogP contribution in [-0.4, -0.2) is 26.7 Å². The number of hydrogen-bond donors (Lipinski definition) is 3. The van der Waals surface area contributed by atoms with Gasteiger partial charge < -0.3 is 15.3 Å². The van der Waals surface area contributed by atoms with Crippen molar-refractivity contribution in [2.24, 2.45) is 34.5 Å². The van der Waals surface area contributed by atoms with Crippen molar-refractivity contribution >= 4 is 0 Å². The van der Waals surface area contributed by atoms with E-state index < -0.39 is 11.4 Å². The number of aliphatic hydroxyl groups is 3. The molecule has 3 heteroatoms.